The second-order valence-electron chi connectivity index (χ2n) is 11.9. The highest BCUT2D eigenvalue weighted by Gasteiger charge is 2.35. The lowest BCUT2D eigenvalue weighted by Crippen LogP contribution is -2.58. The van der Waals surface area contributed by atoms with Gasteiger partial charge in [-0.05, 0) is 50.0 Å². The largest absolute Gasteiger partial charge is 0.507 e. The molecule has 1 saturated heterocycles. The Bertz CT molecular complexity index is 1840. The van der Waals surface area contributed by atoms with Crippen molar-refractivity contribution in [2.45, 2.75) is 65.5 Å². The van der Waals surface area contributed by atoms with E-state index < -0.39 is 34.3 Å². The van der Waals surface area contributed by atoms with Crippen molar-refractivity contribution in [1.82, 2.24) is 29.4 Å². The van der Waals surface area contributed by atoms with Crippen molar-refractivity contribution in [3.8, 4) is 22.7 Å². The molecule has 0 radical (unpaired) electrons. The molecule has 11 nitrogen and oxygen atoms in total. The van der Waals surface area contributed by atoms with E-state index in [9.17, 15) is 14.7 Å². The van der Waals surface area contributed by atoms with E-state index >= 15 is 8.78 Å². The van der Waals surface area contributed by atoms with E-state index in [1.54, 1.807) is 4.90 Å². The van der Waals surface area contributed by atoms with Crippen molar-refractivity contribution in [2.75, 3.05) is 23.7 Å². The molecule has 2 atom stereocenters. The highest BCUT2D eigenvalue weighted by atomic mass is 19.1. The van der Waals surface area contributed by atoms with Crippen LogP contribution in [0.3, 0.4) is 0 Å². The minimum absolute atomic E-state index is 0.0267. The van der Waals surface area contributed by atoms with Gasteiger partial charge in [0.1, 0.15) is 23.1 Å². The zero-order chi connectivity index (χ0) is 32.9. The van der Waals surface area contributed by atoms with Crippen molar-refractivity contribution < 1.29 is 18.7 Å². The van der Waals surface area contributed by atoms with Gasteiger partial charge in [0.2, 0.25) is 11.9 Å². The molecular formula is C32H36F2N8O3. The topological polar surface area (TPSA) is 143 Å². The average Bonchev–Trinajstić information content (AvgIpc) is 2.97. The SMILES string of the molecule is C=CC(=O)N1C[C@H](C)N(c2nc(=O)n(-c3c(C(C)C)nc(N)nc3C(C)C)c3nc(-c4c(O)cccc4F)c(F)cc23)C[C@H]1C. The van der Waals surface area contributed by atoms with Crippen LogP contribution in [-0.2, 0) is 4.79 Å². The minimum atomic E-state index is -0.931. The van der Waals surface area contributed by atoms with Crippen LogP contribution < -0.4 is 16.3 Å². The standard InChI is InChI=1S/C32H36F2N8O3/c1-8-23(44)40-13-18(7)41(14-17(40)6)29-19-12-21(34)27(24-20(33)10-9-11-22(24)43)36-30(19)42(32(45)39-29)28-25(15(2)3)37-31(35)38-26(28)16(4)5/h8-12,15-18,43H,1,13-14H2,2-7H3,(H2,35,37,38)/t17-,18+/m1/s1. The summed E-state index contributed by atoms with van der Waals surface area (Å²) in [6, 6.07) is 4.13. The van der Waals surface area contributed by atoms with Gasteiger partial charge in [0.25, 0.3) is 0 Å². The summed E-state index contributed by atoms with van der Waals surface area (Å²) in [6.07, 6.45) is 1.25. The van der Waals surface area contributed by atoms with Crippen LogP contribution >= 0.6 is 0 Å². The Labute approximate surface area is 259 Å². The monoisotopic (exact) mass is 618 g/mol. The molecule has 0 saturated carbocycles. The number of fused-ring (bicyclic) bond motifs is 1. The van der Waals surface area contributed by atoms with Crippen molar-refractivity contribution >= 4 is 28.7 Å². The molecule has 1 aliphatic rings. The highest BCUT2D eigenvalue weighted by molar-refractivity contribution is 5.91. The normalized spacial score (nSPS) is 17.0. The molecule has 13 heteroatoms. The fourth-order valence-electron chi connectivity index (χ4n) is 5.84. The number of carbonyl (C=O) groups excluding carboxylic acids is 1. The van der Waals surface area contributed by atoms with Crippen molar-refractivity contribution in [3.63, 3.8) is 0 Å². The van der Waals surface area contributed by atoms with E-state index in [4.69, 9.17) is 5.73 Å². The van der Waals surface area contributed by atoms with Gasteiger partial charge in [0.05, 0.1) is 28.0 Å². The lowest BCUT2D eigenvalue weighted by molar-refractivity contribution is -0.128. The first-order chi connectivity index (χ1) is 21.2. The lowest BCUT2D eigenvalue weighted by atomic mass is 10.0. The number of hydrogen-bond acceptors (Lipinski definition) is 9. The quantitative estimate of drug-likeness (QED) is 0.295. The Balaban J connectivity index is 1.89. The number of nitrogens with two attached hydrogens (primary N) is 1. The lowest BCUT2D eigenvalue weighted by Gasteiger charge is -2.44. The van der Waals surface area contributed by atoms with Crippen molar-refractivity contribution in [2.24, 2.45) is 0 Å². The van der Waals surface area contributed by atoms with Crippen LogP contribution in [-0.4, -0.2) is 65.6 Å². The molecule has 1 fully saturated rings. The van der Waals surface area contributed by atoms with Gasteiger partial charge < -0.3 is 20.6 Å². The number of pyridine rings is 1. The number of carbonyl (C=O) groups is 1. The first-order valence-electron chi connectivity index (χ1n) is 14.7. The molecule has 3 N–H and O–H groups in total. The molecule has 0 unspecified atom stereocenters. The number of aromatic nitrogens is 5. The summed E-state index contributed by atoms with van der Waals surface area (Å²) < 4.78 is 32.3. The average molecular weight is 619 g/mol. The van der Waals surface area contributed by atoms with Crippen LogP contribution in [0.5, 0.6) is 5.75 Å². The second kappa shape index (κ2) is 11.9. The van der Waals surface area contributed by atoms with E-state index in [1.807, 2.05) is 46.4 Å². The zero-order valence-electron chi connectivity index (χ0n) is 26.0. The Hall–Kier alpha value is -4.94. The van der Waals surface area contributed by atoms with Crippen LogP contribution in [0.4, 0.5) is 20.5 Å². The molecule has 3 aromatic heterocycles. The smallest absolute Gasteiger partial charge is 0.355 e. The summed E-state index contributed by atoms with van der Waals surface area (Å²) >= 11 is 0. The van der Waals surface area contributed by atoms with Gasteiger partial charge in [-0.3, -0.25) is 4.79 Å². The van der Waals surface area contributed by atoms with E-state index in [0.29, 0.717) is 23.6 Å². The third kappa shape index (κ3) is 5.47. The number of halogens is 2. The van der Waals surface area contributed by atoms with Crippen molar-refractivity contribution in [1.29, 1.82) is 0 Å². The second-order valence-corrected chi connectivity index (χ2v) is 11.9. The van der Waals surface area contributed by atoms with Crippen LogP contribution in [0.25, 0.3) is 28.0 Å². The van der Waals surface area contributed by atoms with Crippen LogP contribution in [0, 0.1) is 11.6 Å². The predicted molar refractivity (Wildman–Crippen MR) is 169 cm³/mol. The molecule has 0 bridgehead atoms. The Kier molecular flexibility index (Phi) is 8.30. The third-order valence-electron chi connectivity index (χ3n) is 8.02. The summed E-state index contributed by atoms with van der Waals surface area (Å²) in [5, 5.41) is 10.7. The number of amides is 1. The molecule has 1 amide bonds. The van der Waals surface area contributed by atoms with E-state index in [0.717, 1.165) is 12.1 Å². The molecule has 4 heterocycles. The molecule has 4 aromatic rings. The fourth-order valence-corrected chi connectivity index (χ4v) is 5.84. The number of nitrogens with zero attached hydrogens (tertiary/aromatic N) is 7. The number of rotatable bonds is 6. The van der Waals surface area contributed by atoms with Gasteiger partial charge in [0.15, 0.2) is 11.5 Å². The maximum absolute atomic E-state index is 16.0. The number of hydrogen-bond donors (Lipinski definition) is 2. The van der Waals surface area contributed by atoms with Crippen LogP contribution in [0.1, 0.15) is 64.8 Å². The van der Waals surface area contributed by atoms with Crippen LogP contribution in [0.2, 0.25) is 0 Å². The number of piperazine rings is 1. The number of nitrogen functional groups attached to an aromatic ring is 1. The van der Waals surface area contributed by atoms with Gasteiger partial charge in [-0.2, -0.15) is 4.98 Å². The number of anilines is 2. The molecule has 0 spiro atoms. The summed E-state index contributed by atoms with van der Waals surface area (Å²) in [6.45, 7) is 15.4. The van der Waals surface area contributed by atoms with Gasteiger partial charge >= 0.3 is 5.69 Å². The van der Waals surface area contributed by atoms with E-state index in [1.165, 1.54) is 22.8 Å². The van der Waals surface area contributed by atoms with Gasteiger partial charge in [-0.1, -0.05) is 40.3 Å². The number of aromatic hydroxyl groups is 1. The minimum Gasteiger partial charge on any atom is -0.507 e. The first-order valence-corrected chi connectivity index (χ1v) is 14.7. The Morgan fingerprint density at radius 1 is 1.02 bits per heavy atom. The molecule has 5 rings (SSSR count). The molecule has 45 heavy (non-hydrogen) atoms. The molecule has 1 aliphatic heterocycles. The van der Waals surface area contributed by atoms with Gasteiger partial charge in [-0.15, -0.1) is 0 Å². The number of phenolic OH excluding ortho intramolecular Hbond substituents is 1. The summed E-state index contributed by atoms with van der Waals surface area (Å²) in [7, 11) is 0. The number of phenols is 1. The zero-order valence-corrected chi connectivity index (χ0v) is 26.0. The Morgan fingerprint density at radius 2 is 1.67 bits per heavy atom. The fraction of sp³-hybridized carbons (Fsp3) is 0.375. The Morgan fingerprint density at radius 3 is 2.24 bits per heavy atom. The third-order valence-corrected chi connectivity index (χ3v) is 8.02. The predicted octanol–water partition coefficient (Wildman–Crippen LogP) is 4.66. The van der Waals surface area contributed by atoms with E-state index in [-0.39, 0.29) is 59.2 Å². The maximum atomic E-state index is 16.0. The molecule has 0 aliphatic carbocycles. The van der Waals surface area contributed by atoms with E-state index in [2.05, 4.69) is 26.5 Å². The highest BCUT2D eigenvalue weighted by Crippen LogP contribution is 2.37. The van der Waals surface area contributed by atoms with Gasteiger partial charge in [-0.25, -0.2) is 33.1 Å². The molecular weight excluding hydrogens is 582 g/mol. The molecule has 1 aromatic carbocycles. The number of benzene rings is 1. The summed E-state index contributed by atoms with van der Waals surface area (Å²) in [5.74, 6) is -2.84. The summed E-state index contributed by atoms with van der Waals surface area (Å²) in [4.78, 5) is 48.1. The van der Waals surface area contributed by atoms with Crippen molar-refractivity contribution in [3.05, 3.63) is 70.4 Å². The summed E-state index contributed by atoms with van der Waals surface area (Å²) in [5.41, 5.74) is 5.55. The first kappa shape index (κ1) is 31.5. The maximum Gasteiger partial charge on any atom is 0.355 e. The van der Waals surface area contributed by atoms with Crippen LogP contribution in [0.15, 0.2) is 41.7 Å². The molecule has 236 valence electrons. The van der Waals surface area contributed by atoms with Gasteiger partial charge in [0, 0.05) is 25.2 Å².